The third-order valence-electron chi connectivity index (χ3n) is 5.16. The van der Waals surface area contributed by atoms with Gasteiger partial charge in [-0.05, 0) is 37.1 Å². The van der Waals surface area contributed by atoms with Crippen molar-refractivity contribution in [3.8, 4) is 5.75 Å². The van der Waals surface area contributed by atoms with Crippen molar-refractivity contribution >= 4 is 40.3 Å². The Morgan fingerprint density at radius 3 is 2.70 bits per heavy atom. The number of rotatable bonds is 5. The smallest absolute Gasteiger partial charge is 0.324 e. The lowest BCUT2D eigenvalue weighted by Crippen LogP contribution is -2.36. The number of primary amides is 1. The number of phenols is 1. The van der Waals surface area contributed by atoms with Gasteiger partial charge in [0.1, 0.15) is 11.6 Å². The van der Waals surface area contributed by atoms with Crippen LogP contribution in [0.5, 0.6) is 5.75 Å². The number of benzene rings is 2. The van der Waals surface area contributed by atoms with Gasteiger partial charge in [0, 0.05) is 41.7 Å². The molecule has 1 aliphatic rings. The molecule has 30 heavy (non-hydrogen) atoms. The summed E-state index contributed by atoms with van der Waals surface area (Å²) in [6.07, 6.45) is 1.24. The number of nitrogens with zero attached hydrogens (tertiary/aromatic N) is 2. The molecule has 0 radical (unpaired) electrons. The van der Waals surface area contributed by atoms with E-state index in [0.717, 1.165) is 4.90 Å². The average Bonchev–Trinajstić information content (AvgIpc) is 2.70. The monoisotopic (exact) mass is 456 g/mol. The highest BCUT2D eigenvalue weighted by molar-refractivity contribution is 7.76. The maximum atomic E-state index is 14.2. The summed E-state index contributed by atoms with van der Waals surface area (Å²) in [7, 11) is 0. The van der Waals surface area contributed by atoms with Crippen LogP contribution < -0.4 is 16.4 Å². The second-order valence-corrected chi connectivity index (χ2v) is 8.29. The number of carbonyl (C=O) groups is 1. The molecule has 2 amide bonds. The van der Waals surface area contributed by atoms with Crippen LogP contribution in [0.3, 0.4) is 0 Å². The molecule has 0 aromatic heterocycles. The Balaban J connectivity index is 2.12. The van der Waals surface area contributed by atoms with Gasteiger partial charge in [0.2, 0.25) is 11.3 Å². The number of nitrogens with two attached hydrogens (primary N) is 2. The number of carbonyl (C=O) groups excluding carboxylic acids is 1. The van der Waals surface area contributed by atoms with Gasteiger partial charge in [-0.1, -0.05) is 17.7 Å². The van der Waals surface area contributed by atoms with Gasteiger partial charge in [0.25, 0.3) is 0 Å². The number of aromatic hydroxyl groups is 1. The average molecular weight is 457 g/mol. The summed E-state index contributed by atoms with van der Waals surface area (Å²) in [6, 6.07) is 6.05. The van der Waals surface area contributed by atoms with E-state index in [4.69, 9.17) is 23.1 Å². The standard InChI is InChI=1S/C19H22ClFN4O4S/c20-13-6-7-16(18(26)17(13)11-3-2-8-24(10-11)30(28)29)25(19(23)27)15-5-1-4-14(21)12(15)9-22/h1,4-7,11,26H,2-3,8-10,22H2,(H2,23,27)(H,28,29). The number of piperidine rings is 1. The number of halogens is 2. The molecule has 0 saturated carbocycles. The summed E-state index contributed by atoms with van der Waals surface area (Å²) in [5.74, 6) is -1.26. The second-order valence-electron chi connectivity index (χ2n) is 6.90. The fourth-order valence-corrected chi connectivity index (χ4v) is 4.69. The van der Waals surface area contributed by atoms with Crippen molar-refractivity contribution in [1.29, 1.82) is 0 Å². The van der Waals surface area contributed by atoms with Crippen LogP contribution in [0.25, 0.3) is 0 Å². The van der Waals surface area contributed by atoms with Crippen LogP contribution in [-0.4, -0.2) is 37.3 Å². The van der Waals surface area contributed by atoms with Crippen molar-refractivity contribution in [2.24, 2.45) is 11.5 Å². The first-order valence-corrected chi connectivity index (χ1v) is 10.6. The molecular formula is C19H22ClFN4O4S. The van der Waals surface area contributed by atoms with Gasteiger partial charge < -0.3 is 16.6 Å². The van der Waals surface area contributed by atoms with Crippen molar-refractivity contribution in [2.45, 2.75) is 25.3 Å². The molecule has 1 aliphatic heterocycles. The lowest BCUT2D eigenvalue weighted by molar-refractivity contribution is 0.256. The highest BCUT2D eigenvalue weighted by Crippen LogP contribution is 2.45. The first-order valence-electron chi connectivity index (χ1n) is 9.20. The maximum Gasteiger partial charge on any atom is 0.324 e. The van der Waals surface area contributed by atoms with E-state index in [9.17, 15) is 23.1 Å². The molecule has 6 N–H and O–H groups in total. The minimum atomic E-state index is -2.15. The topological polar surface area (TPSA) is 133 Å². The molecule has 1 saturated heterocycles. The van der Waals surface area contributed by atoms with Crippen molar-refractivity contribution < 1.29 is 23.1 Å². The Kier molecular flexibility index (Phi) is 6.94. The van der Waals surface area contributed by atoms with Crippen molar-refractivity contribution in [3.05, 3.63) is 52.3 Å². The van der Waals surface area contributed by atoms with E-state index in [1.807, 2.05) is 0 Å². The normalized spacial score (nSPS) is 18.2. The molecule has 2 atom stereocenters. The summed E-state index contributed by atoms with van der Waals surface area (Å²) in [6.45, 7) is 0.450. The van der Waals surface area contributed by atoms with E-state index in [2.05, 4.69) is 0 Å². The van der Waals surface area contributed by atoms with Crippen LogP contribution in [0, 0.1) is 5.82 Å². The lowest BCUT2D eigenvalue weighted by atomic mass is 9.90. The highest BCUT2D eigenvalue weighted by atomic mass is 35.5. The molecule has 162 valence electrons. The van der Waals surface area contributed by atoms with E-state index >= 15 is 0 Å². The zero-order chi connectivity index (χ0) is 22.0. The Hall–Kier alpha value is -2.24. The third kappa shape index (κ3) is 4.28. The number of urea groups is 1. The molecule has 2 aromatic carbocycles. The summed E-state index contributed by atoms with van der Waals surface area (Å²) >= 11 is 4.20. The predicted molar refractivity (Wildman–Crippen MR) is 113 cm³/mol. The van der Waals surface area contributed by atoms with E-state index in [-0.39, 0.29) is 46.7 Å². The summed E-state index contributed by atoms with van der Waals surface area (Å²) in [5.41, 5.74) is 11.8. The van der Waals surface area contributed by atoms with Crippen molar-refractivity contribution in [2.75, 3.05) is 18.0 Å². The van der Waals surface area contributed by atoms with Gasteiger partial charge in [-0.25, -0.2) is 17.7 Å². The molecule has 1 fully saturated rings. The minimum Gasteiger partial charge on any atom is -0.505 e. The fraction of sp³-hybridized carbons (Fsp3) is 0.316. The molecule has 8 nitrogen and oxygen atoms in total. The molecule has 3 rings (SSSR count). The predicted octanol–water partition coefficient (Wildman–Crippen LogP) is 3.18. The van der Waals surface area contributed by atoms with Gasteiger partial charge in [0.05, 0.1) is 11.4 Å². The third-order valence-corrected chi connectivity index (χ3v) is 6.26. The van der Waals surface area contributed by atoms with E-state index in [1.54, 1.807) is 0 Å². The van der Waals surface area contributed by atoms with Gasteiger partial charge in [-0.2, -0.15) is 0 Å². The summed E-state index contributed by atoms with van der Waals surface area (Å²) in [5, 5.41) is 11.3. The largest absolute Gasteiger partial charge is 0.505 e. The number of phenolic OH excluding ortho intramolecular Hbond substituents is 1. The van der Waals surface area contributed by atoms with Crippen LogP contribution in [0.2, 0.25) is 5.02 Å². The first kappa shape index (κ1) is 22.4. The Labute approximate surface area is 180 Å². The van der Waals surface area contributed by atoms with E-state index in [0.29, 0.717) is 24.9 Å². The Morgan fingerprint density at radius 1 is 1.33 bits per heavy atom. The number of anilines is 2. The summed E-state index contributed by atoms with van der Waals surface area (Å²) in [4.78, 5) is 13.3. The van der Waals surface area contributed by atoms with Crippen molar-refractivity contribution in [3.63, 3.8) is 0 Å². The highest BCUT2D eigenvalue weighted by Gasteiger charge is 2.31. The van der Waals surface area contributed by atoms with Crippen molar-refractivity contribution in [1.82, 2.24) is 4.31 Å². The molecule has 11 heteroatoms. The lowest BCUT2D eigenvalue weighted by Gasteiger charge is -2.32. The Bertz CT molecular complexity index is 993. The Morgan fingerprint density at radius 2 is 2.07 bits per heavy atom. The molecule has 0 spiro atoms. The first-order chi connectivity index (χ1) is 14.3. The molecule has 0 bridgehead atoms. The van der Waals surface area contributed by atoms with Crippen LogP contribution in [0.4, 0.5) is 20.6 Å². The zero-order valence-electron chi connectivity index (χ0n) is 15.9. The van der Waals surface area contributed by atoms with Crippen LogP contribution in [0.15, 0.2) is 30.3 Å². The van der Waals surface area contributed by atoms with Gasteiger partial charge in [0.15, 0.2) is 0 Å². The zero-order valence-corrected chi connectivity index (χ0v) is 17.5. The van der Waals surface area contributed by atoms with E-state index in [1.165, 1.54) is 34.6 Å². The van der Waals surface area contributed by atoms with Gasteiger partial charge >= 0.3 is 6.03 Å². The molecule has 1 heterocycles. The molecule has 0 aliphatic carbocycles. The molecular weight excluding hydrogens is 435 g/mol. The van der Waals surface area contributed by atoms with Crippen LogP contribution >= 0.6 is 11.6 Å². The molecule has 2 aromatic rings. The quantitative estimate of drug-likeness (QED) is 0.513. The van der Waals surface area contributed by atoms with Crippen LogP contribution in [-0.2, 0) is 17.8 Å². The maximum absolute atomic E-state index is 14.2. The fourth-order valence-electron chi connectivity index (χ4n) is 3.79. The number of hydrogen-bond acceptors (Lipinski definition) is 4. The van der Waals surface area contributed by atoms with Gasteiger partial charge in [-0.15, -0.1) is 0 Å². The van der Waals surface area contributed by atoms with Gasteiger partial charge in [-0.3, -0.25) is 9.45 Å². The van der Waals surface area contributed by atoms with E-state index < -0.39 is 23.1 Å². The second kappa shape index (κ2) is 9.27. The minimum absolute atomic E-state index is 0.0180. The number of hydrogen-bond donors (Lipinski definition) is 4. The SMILES string of the molecule is NCc1c(F)cccc1N(C(N)=O)c1ccc(Cl)c(C2CCCN(S(=O)O)C2)c1O. The summed E-state index contributed by atoms with van der Waals surface area (Å²) < 4.78 is 36.5. The van der Waals surface area contributed by atoms with Crippen LogP contribution in [0.1, 0.15) is 29.9 Å². The number of amides is 2. The molecule has 2 unspecified atom stereocenters.